The van der Waals surface area contributed by atoms with Crippen molar-refractivity contribution >= 4 is 38.8 Å². The van der Waals surface area contributed by atoms with Crippen molar-refractivity contribution < 1.29 is 22.2 Å². The second kappa shape index (κ2) is 16.6. The van der Waals surface area contributed by atoms with Gasteiger partial charge in [0.05, 0.1) is 25.2 Å². The third kappa shape index (κ3) is 12.5. The molecule has 0 unspecified atom stereocenters. The molecule has 0 aromatic carbocycles. The highest BCUT2D eigenvalue weighted by molar-refractivity contribution is 7.80. The first kappa shape index (κ1) is 23.5. The zero-order chi connectivity index (χ0) is 15.1. The number of rotatable bonds is 14. The Morgan fingerprint density at radius 1 is 1.10 bits per heavy atom. The Morgan fingerprint density at radius 3 is 2.00 bits per heavy atom. The lowest BCUT2D eigenvalue weighted by molar-refractivity contribution is -0.0787. The summed E-state index contributed by atoms with van der Waals surface area (Å²) in [5.74, 6) is 1.56. The third-order valence-corrected chi connectivity index (χ3v) is 3.23. The molecule has 4 nitrogen and oxygen atoms in total. The minimum atomic E-state index is -0.569. The van der Waals surface area contributed by atoms with Crippen LogP contribution in [0.1, 0.15) is 15.7 Å². The normalized spacial score (nSPS) is 10.6. The summed E-state index contributed by atoms with van der Waals surface area (Å²) in [5.41, 5.74) is 1.97. The van der Waals surface area contributed by atoms with E-state index in [1.807, 2.05) is 0 Å². The van der Waals surface area contributed by atoms with Crippen LogP contribution in [0.5, 0.6) is 0 Å². The van der Waals surface area contributed by atoms with E-state index in [0.29, 0.717) is 33.0 Å². The van der Waals surface area contributed by atoms with Crippen molar-refractivity contribution in [3.63, 3.8) is 0 Å². The minimum Gasteiger partial charge on any atom is -0.492 e. The molecule has 0 saturated heterocycles. The lowest BCUT2D eigenvalue weighted by Crippen LogP contribution is -2.40. The first-order chi connectivity index (χ1) is 9.74. The molecule has 0 spiro atoms. The van der Waals surface area contributed by atoms with Gasteiger partial charge in [-0.25, -0.2) is 0 Å². The van der Waals surface area contributed by atoms with Crippen LogP contribution in [0, 0.1) is 5.41 Å². The van der Waals surface area contributed by atoms with Crippen LogP contribution in [0.4, 0.5) is 0 Å². The van der Waals surface area contributed by atoms with Crippen LogP contribution >= 0.6 is 38.8 Å². The summed E-state index contributed by atoms with van der Waals surface area (Å²) in [6.07, 6.45) is 3.13. The number of ether oxygens (including phenoxy) is 3. The zero-order valence-electron chi connectivity index (χ0n) is 12.4. The predicted octanol–water partition coefficient (Wildman–Crippen LogP) is 2.56. The molecule has 0 radical (unpaired) electrons. The predicted molar refractivity (Wildman–Crippen MR) is 102 cm³/mol. The fourth-order valence-corrected chi connectivity index (χ4v) is 1.71. The summed E-state index contributed by atoms with van der Waals surface area (Å²) >= 11 is 8.26. The van der Waals surface area contributed by atoms with Crippen LogP contribution in [0.15, 0.2) is 18.6 Å². The Labute approximate surface area is 149 Å². The molecule has 0 heterocycles. The lowest BCUT2D eigenvalue weighted by atomic mass is 9.92. The molecule has 130 valence electrons. The molecular weight excluding hydrogens is 328 g/mol. The second-order valence-electron chi connectivity index (χ2n) is 4.55. The molecule has 21 heavy (non-hydrogen) atoms. The van der Waals surface area contributed by atoms with Gasteiger partial charge in [-0.1, -0.05) is 12.3 Å². The zero-order valence-corrected chi connectivity index (χ0v) is 15.2. The van der Waals surface area contributed by atoms with Crippen LogP contribution in [0.2, 0.25) is 0 Å². The minimum absolute atomic E-state index is 0. The van der Waals surface area contributed by atoms with Gasteiger partial charge in [0.2, 0.25) is 0 Å². The van der Waals surface area contributed by atoms with E-state index in [0.717, 1.165) is 24.3 Å². The van der Waals surface area contributed by atoms with E-state index < -0.39 is 5.41 Å². The summed E-state index contributed by atoms with van der Waals surface area (Å²) in [4.78, 5) is 0. The maximum absolute atomic E-state index is 9.67. The highest BCUT2D eigenvalue weighted by Gasteiger charge is 2.31. The van der Waals surface area contributed by atoms with Crippen LogP contribution < -0.4 is 0 Å². The molecule has 0 aromatic heterocycles. The Bertz CT molecular complexity index is 269. The second-order valence-corrected chi connectivity index (χ2v) is 5.45. The van der Waals surface area contributed by atoms with Crippen molar-refractivity contribution in [3.8, 4) is 0 Å². The van der Waals surface area contributed by atoms with Crippen LogP contribution in [-0.4, -0.2) is 56.3 Å². The van der Waals surface area contributed by atoms with Crippen molar-refractivity contribution in [2.24, 2.45) is 5.41 Å². The van der Waals surface area contributed by atoms with Crippen LogP contribution in [0.25, 0.3) is 0 Å². The summed E-state index contributed by atoms with van der Waals surface area (Å²) in [7, 11) is 0. The average Bonchev–Trinajstić information content (AvgIpc) is 2.47. The Balaban J connectivity index is -0.000000602. The summed E-state index contributed by atoms with van der Waals surface area (Å²) in [6.45, 7) is 5.64. The molecule has 0 aliphatic carbocycles. The Kier molecular flexibility index (Phi) is 18.6. The molecule has 0 saturated carbocycles. The molecule has 0 fully saturated rings. The number of thiol groups is 2. The van der Waals surface area contributed by atoms with Gasteiger partial charge in [-0.15, -0.1) is 0 Å². The first-order valence-electron chi connectivity index (χ1n) is 6.68. The van der Waals surface area contributed by atoms with E-state index >= 15 is 0 Å². The molecule has 0 aromatic rings. The maximum atomic E-state index is 9.67. The highest BCUT2D eigenvalue weighted by Crippen LogP contribution is 2.19. The Hall–Kier alpha value is 0.250. The molecule has 7 heteroatoms. The van der Waals surface area contributed by atoms with Gasteiger partial charge in [0.25, 0.3) is 0 Å². The van der Waals surface area contributed by atoms with Gasteiger partial charge in [-0.05, 0) is 24.3 Å². The van der Waals surface area contributed by atoms with E-state index in [1.54, 1.807) is 0 Å². The van der Waals surface area contributed by atoms with Crippen LogP contribution in [-0.2, 0) is 14.2 Å². The van der Waals surface area contributed by atoms with Gasteiger partial charge in [0, 0.05) is 16.1 Å². The maximum Gasteiger partial charge on any atom is 0.124 e. The number of hydrogen-bond donors (Lipinski definition) is 3. The van der Waals surface area contributed by atoms with Crippen molar-refractivity contribution in [1.82, 2.24) is 0 Å². The van der Waals surface area contributed by atoms with E-state index in [9.17, 15) is 5.11 Å². The molecule has 0 amide bonds. The van der Waals surface area contributed by atoms with Crippen molar-refractivity contribution in [2.75, 3.05) is 51.1 Å². The molecule has 0 atom stereocenters. The monoisotopic (exact) mass is 360 g/mol. The van der Waals surface area contributed by atoms with Crippen molar-refractivity contribution in [3.05, 3.63) is 18.6 Å². The van der Waals surface area contributed by atoms with E-state index in [4.69, 9.17) is 14.2 Å². The van der Waals surface area contributed by atoms with E-state index in [-0.39, 0.29) is 23.0 Å². The van der Waals surface area contributed by atoms with Gasteiger partial charge >= 0.3 is 0 Å². The fourth-order valence-electron chi connectivity index (χ4n) is 1.45. The van der Waals surface area contributed by atoms with Gasteiger partial charge < -0.3 is 19.3 Å². The summed E-state index contributed by atoms with van der Waals surface area (Å²) in [6, 6.07) is 0. The molecular formula is C14H32O4S3. The number of aliphatic hydroxyl groups excluding tert-OH is 1. The molecule has 1 N–H and O–H groups in total. The van der Waals surface area contributed by atoms with Gasteiger partial charge in [0.15, 0.2) is 0 Å². The van der Waals surface area contributed by atoms with E-state index in [1.165, 1.54) is 6.26 Å². The first-order valence-corrected chi connectivity index (χ1v) is 7.95. The summed E-state index contributed by atoms with van der Waals surface area (Å²) < 4.78 is 16.5. The molecule has 0 rings (SSSR count). The quantitative estimate of drug-likeness (QED) is 0.193. The molecule has 0 aliphatic rings. The standard InChI is InChI=1S/C14H26O4S2.H2S.2H2/c1-2-5-16-11-14(10-15,12-17-6-3-8-19)13-18-7-4-9-20;;;/h5,15,19-20H,1,3-4,6-13H2;1H2;2*1H. The third-order valence-electron chi connectivity index (χ3n) is 2.60. The largest absolute Gasteiger partial charge is 0.492 e. The smallest absolute Gasteiger partial charge is 0.124 e. The Morgan fingerprint density at radius 2 is 1.62 bits per heavy atom. The fraction of sp³-hybridized carbons (Fsp3) is 0.786. The SMILES string of the molecule is C=C=COCC(CO)(COCCCS)COCCCS.S.[HH].[HH]. The average molecular weight is 361 g/mol. The van der Waals surface area contributed by atoms with Crippen molar-refractivity contribution in [2.45, 2.75) is 12.8 Å². The molecule has 0 bridgehead atoms. The summed E-state index contributed by atoms with van der Waals surface area (Å²) in [5, 5.41) is 9.67. The van der Waals surface area contributed by atoms with Gasteiger partial charge in [-0.3, -0.25) is 0 Å². The number of hydrogen-bond acceptors (Lipinski definition) is 6. The van der Waals surface area contributed by atoms with Gasteiger partial charge in [-0.2, -0.15) is 38.8 Å². The molecule has 0 aliphatic heterocycles. The lowest BCUT2D eigenvalue weighted by Gasteiger charge is -2.30. The topological polar surface area (TPSA) is 47.9 Å². The highest BCUT2D eigenvalue weighted by atomic mass is 32.1. The van der Waals surface area contributed by atoms with E-state index in [2.05, 4.69) is 37.6 Å². The van der Waals surface area contributed by atoms with Crippen molar-refractivity contribution in [1.29, 1.82) is 0 Å². The van der Waals surface area contributed by atoms with Gasteiger partial charge in [0.1, 0.15) is 12.9 Å². The van der Waals surface area contributed by atoms with Crippen LogP contribution in [0.3, 0.4) is 0 Å². The number of aliphatic hydroxyl groups is 1.